The third-order valence-corrected chi connectivity index (χ3v) is 4.62. The first-order valence-electron chi connectivity index (χ1n) is 7.64. The number of hydrogen-bond donors (Lipinski definition) is 0. The number of aromatic nitrogens is 3. The Morgan fingerprint density at radius 3 is 2.48 bits per heavy atom. The third kappa shape index (κ3) is 3.62. The lowest BCUT2D eigenvalue weighted by Gasteiger charge is -2.10. The van der Waals surface area contributed by atoms with Crippen LogP contribution in [0.3, 0.4) is 0 Å². The molecule has 1 aromatic heterocycles. The number of halogens is 1. The molecule has 0 fully saturated rings. The summed E-state index contributed by atoms with van der Waals surface area (Å²) in [7, 11) is 0. The van der Waals surface area contributed by atoms with Crippen LogP contribution in [-0.4, -0.2) is 20.5 Å². The van der Waals surface area contributed by atoms with Crippen molar-refractivity contribution in [3.8, 4) is 11.4 Å². The Balaban J connectivity index is 2.02. The Morgan fingerprint density at radius 2 is 1.74 bits per heavy atom. The van der Waals surface area contributed by atoms with Crippen LogP contribution in [0.25, 0.3) is 11.4 Å². The van der Waals surface area contributed by atoms with Gasteiger partial charge < -0.3 is 0 Å². The zero-order valence-corrected chi connectivity index (χ0v) is 13.8. The van der Waals surface area contributed by atoms with Gasteiger partial charge in [0.15, 0.2) is 11.0 Å². The molecule has 0 spiro atoms. The van der Waals surface area contributed by atoms with Crippen LogP contribution in [0, 0.1) is 5.82 Å². The van der Waals surface area contributed by atoms with E-state index < -0.39 is 0 Å². The van der Waals surface area contributed by atoms with Gasteiger partial charge in [-0.2, -0.15) is 0 Å². The average Bonchev–Trinajstić information content (AvgIpc) is 2.97. The van der Waals surface area contributed by atoms with Crippen LogP contribution in [0.15, 0.2) is 59.8 Å². The van der Waals surface area contributed by atoms with Crippen LogP contribution in [0.5, 0.6) is 0 Å². The van der Waals surface area contributed by atoms with Gasteiger partial charge in [-0.3, -0.25) is 4.57 Å². The molecule has 0 unspecified atom stereocenters. The summed E-state index contributed by atoms with van der Waals surface area (Å²) in [4.78, 5) is 0. The lowest BCUT2D eigenvalue weighted by molar-refractivity contribution is 0.626. The minimum absolute atomic E-state index is 0.277. The zero-order valence-electron chi connectivity index (χ0n) is 12.9. The largest absolute Gasteiger partial charge is 0.297 e. The van der Waals surface area contributed by atoms with E-state index >= 15 is 0 Å². The highest BCUT2D eigenvalue weighted by Gasteiger charge is 2.17. The van der Waals surface area contributed by atoms with Gasteiger partial charge in [0, 0.05) is 5.75 Å². The van der Waals surface area contributed by atoms with Crippen LogP contribution >= 0.6 is 11.8 Å². The van der Waals surface area contributed by atoms with Crippen molar-refractivity contribution in [1.82, 2.24) is 14.8 Å². The summed E-state index contributed by atoms with van der Waals surface area (Å²) < 4.78 is 16.2. The summed E-state index contributed by atoms with van der Waals surface area (Å²) in [5, 5.41) is 9.35. The summed E-state index contributed by atoms with van der Waals surface area (Å²) in [6, 6.07) is 16.8. The van der Waals surface area contributed by atoms with Crippen LogP contribution in [0.2, 0.25) is 0 Å². The molecule has 1 heterocycles. The Labute approximate surface area is 139 Å². The Bertz CT molecular complexity index is 771. The molecule has 0 radical (unpaired) electrons. The fourth-order valence-corrected chi connectivity index (χ4v) is 3.13. The van der Waals surface area contributed by atoms with Gasteiger partial charge in [-0.1, -0.05) is 61.2 Å². The fourth-order valence-electron chi connectivity index (χ4n) is 2.34. The van der Waals surface area contributed by atoms with Gasteiger partial charge in [0.1, 0.15) is 5.82 Å². The number of thioether (sulfide) groups is 1. The molecule has 3 nitrogen and oxygen atoms in total. The van der Waals surface area contributed by atoms with Gasteiger partial charge >= 0.3 is 0 Å². The first-order chi connectivity index (χ1) is 11.3. The van der Waals surface area contributed by atoms with Gasteiger partial charge in [0.2, 0.25) is 0 Å². The molecule has 0 bridgehead atoms. The van der Waals surface area contributed by atoms with Crippen LogP contribution in [-0.2, 0) is 6.54 Å². The number of benzene rings is 2. The van der Waals surface area contributed by atoms with Crippen molar-refractivity contribution >= 4 is 11.8 Å². The molecule has 2 aromatic carbocycles. The summed E-state index contributed by atoms with van der Waals surface area (Å²) in [6.45, 7) is 2.76. The van der Waals surface area contributed by atoms with Crippen LogP contribution in [0.4, 0.5) is 4.39 Å². The third-order valence-electron chi connectivity index (χ3n) is 3.45. The Morgan fingerprint density at radius 1 is 1.00 bits per heavy atom. The second-order valence-corrected chi connectivity index (χ2v) is 6.27. The highest BCUT2D eigenvalue weighted by atomic mass is 32.2. The highest BCUT2D eigenvalue weighted by Crippen LogP contribution is 2.27. The van der Waals surface area contributed by atoms with E-state index in [0.717, 1.165) is 22.9 Å². The summed E-state index contributed by atoms with van der Waals surface area (Å²) in [5.74, 6) is 1.26. The molecule has 0 aliphatic heterocycles. The van der Waals surface area contributed by atoms with Crippen molar-refractivity contribution < 1.29 is 4.39 Å². The quantitative estimate of drug-likeness (QED) is 0.618. The molecule has 5 heteroatoms. The predicted molar refractivity (Wildman–Crippen MR) is 92.0 cm³/mol. The van der Waals surface area contributed by atoms with Crippen LogP contribution < -0.4 is 0 Å². The minimum Gasteiger partial charge on any atom is -0.297 e. The van der Waals surface area contributed by atoms with E-state index in [4.69, 9.17) is 0 Å². The molecule has 118 valence electrons. The van der Waals surface area contributed by atoms with Gasteiger partial charge in [-0.15, -0.1) is 10.2 Å². The van der Waals surface area contributed by atoms with E-state index in [1.807, 2.05) is 28.8 Å². The first-order valence-corrected chi connectivity index (χ1v) is 8.63. The van der Waals surface area contributed by atoms with E-state index in [-0.39, 0.29) is 5.82 Å². The fraction of sp³-hybridized carbons (Fsp3) is 0.222. The van der Waals surface area contributed by atoms with Crippen LogP contribution in [0.1, 0.15) is 18.9 Å². The molecule has 0 N–H and O–H groups in total. The Kier molecular flexibility index (Phi) is 5.08. The van der Waals surface area contributed by atoms with E-state index in [9.17, 15) is 4.39 Å². The Hall–Kier alpha value is -2.14. The summed E-state index contributed by atoms with van der Waals surface area (Å²) >= 11 is 1.65. The average molecular weight is 327 g/mol. The van der Waals surface area contributed by atoms with Crippen molar-refractivity contribution in [2.24, 2.45) is 0 Å². The zero-order chi connectivity index (χ0) is 16.1. The molecule has 23 heavy (non-hydrogen) atoms. The maximum Gasteiger partial charge on any atom is 0.191 e. The number of rotatable bonds is 6. The number of hydrogen-bond acceptors (Lipinski definition) is 3. The highest BCUT2D eigenvalue weighted by molar-refractivity contribution is 7.99. The lowest BCUT2D eigenvalue weighted by Crippen LogP contribution is -2.05. The summed E-state index contributed by atoms with van der Waals surface area (Å²) in [5.41, 5.74) is 1.63. The normalized spacial score (nSPS) is 10.9. The molecule has 3 rings (SSSR count). The monoisotopic (exact) mass is 327 g/mol. The van der Waals surface area contributed by atoms with Crippen molar-refractivity contribution in [1.29, 1.82) is 0 Å². The maximum atomic E-state index is 14.2. The second-order valence-electron chi connectivity index (χ2n) is 5.21. The van der Waals surface area contributed by atoms with Gasteiger partial charge in [-0.25, -0.2) is 4.39 Å². The van der Waals surface area contributed by atoms with Gasteiger partial charge in [0.05, 0.1) is 12.1 Å². The molecule has 0 aliphatic rings. The molecule has 0 aliphatic carbocycles. The van der Waals surface area contributed by atoms with Crippen molar-refractivity contribution in [2.75, 3.05) is 5.75 Å². The molecular weight excluding hydrogens is 309 g/mol. The second kappa shape index (κ2) is 7.42. The summed E-state index contributed by atoms with van der Waals surface area (Å²) in [6.07, 6.45) is 1.05. The smallest absolute Gasteiger partial charge is 0.191 e. The van der Waals surface area contributed by atoms with Gasteiger partial charge in [-0.05, 0) is 24.1 Å². The lowest BCUT2D eigenvalue weighted by atomic mass is 10.2. The topological polar surface area (TPSA) is 30.7 Å². The van der Waals surface area contributed by atoms with E-state index in [1.165, 1.54) is 6.07 Å². The minimum atomic E-state index is -0.277. The van der Waals surface area contributed by atoms with E-state index in [2.05, 4.69) is 29.3 Å². The molecule has 0 amide bonds. The standard InChI is InChI=1S/C18H18FN3S/c1-2-12-23-18-21-20-17(15-10-6-7-11-16(15)19)22(18)13-14-8-4-3-5-9-14/h3-11H,2,12-13H2,1H3. The SMILES string of the molecule is CCCSc1nnc(-c2ccccc2F)n1Cc1ccccc1. The first kappa shape index (κ1) is 15.7. The van der Waals surface area contributed by atoms with E-state index in [1.54, 1.807) is 23.9 Å². The van der Waals surface area contributed by atoms with Crippen molar-refractivity contribution in [2.45, 2.75) is 25.0 Å². The maximum absolute atomic E-state index is 14.2. The van der Waals surface area contributed by atoms with Gasteiger partial charge in [0.25, 0.3) is 0 Å². The van der Waals surface area contributed by atoms with E-state index in [0.29, 0.717) is 17.9 Å². The molecule has 0 saturated carbocycles. The van der Waals surface area contributed by atoms with Crippen molar-refractivity contribution in [3.05, 3.63) is 66.0 Å². The molecule has 3 aromatic rings. The number of nitrogens with zero attached hydrogens (tertiary/aromatic N) is 3. The molecule has 0 atom stereocenters. The molecular formula is C18H18FN3S. The molecule has 0 saturated heterocycles. The van der Waals surface area contributed by atoms with Crippen molar-refractivity contribution in [3.63, 3.8) is 0 Å². The predicted octanol–water partition coefficient (Wildman–Crippen LogP) is 4.63.